The van der Waals surface area contributed by atoms with E-state index < -0.39 is 0 Å². The molecule has 0 radical (unpaired) electrons. The lowest BCUT2D eigenvalue weighted by Gasteiger charge is -2.09. The summed E-state index contributed by atoms with van der Waals surface area (Å²) in [4.78, 5) is 21.9. The molecule has 1 fully saturated rings. The van der Waals surface area contributed by atoms with E-state index >= 15 is 0 Å². The molecular formula is C6H9ClNO2S-. The molecule has 2 amide bonds. The van der Waals surface area contributed by atoms with Crippen LogP contribution in [-0.2, 0) is 22.4 Å². The van der Waals surface area contributed by atoms with E-state index in [1.165, 1.54) is 0 Å². The van der Waals surface area contributed by atoms with Gasteiger partial charge >= 0.3 is 11.8 Å². The molecule has 0 saturated carbocycles. The van der Waals surface area contributed by atoms with Crippen LogP contribution in [0.1, 0.15) is 13.8 Å². The highest BCUT2D eigenvalue weighted by molar-refractivity contribution is 7.52. The summed E-state index contributed by atoms with van der Waals surface area (Å²) in [5.74, 6) is -0.708. The first-order chi connectivity index (χ1) is 4.55. The highest BCUT2D eigenvalue weighted by Crippen LogP contribution is 2.13. The van der Waals surface area contributed by atoms with Crippen LogP contribution < -0.4 is 16.7 Å². The van der Waals surface area contributed by atoms with Gasteiger partial charge in [-0.15, -0.1) is 0 Å². The van der Waals surface area contributed by atoms with E-state index in [1.807, 2.05) is 0 Å². The predicted octanol–water partition coefficient (Wildman–Crippen LogP) is -4.32. The van der Waals surface area contributed by atoms with E-state index in [4.69, 9.17) is 0 Å². The summed E-state index contributed by atoms with van der Waals surface area (Å²) in [6.45, 7) is 3.48. The molecule has 3 nitrogen and oxygen atoms in total. The fraction of sp³-hybridized carbons (Fsp3) is 0.667. The van der Waals surface area contributed by atoms with E-state index in [2.05, 4.69) is 12.8 Å². The second-order valence-corrected chi connectivity index (χ2v) is 3.04. The molecule has 1 rings (SSSR count). The van der Waals surface area contributed by atoms with Crippen molar-refractivity contribution < 1.29 is 26.3 Å². The second-order valence-electron chi connectivity index (χ2n) is 2.63. The molecule has 2 atom stereocenters. The van der Waals surface area contributed by atoms with Gasteiger partial charge in [-0.2, -0.15) is 0 Å². The number of rotatable bonds is 0. The Hall–Kier alpha value is -0.0600. The van der Waals surface area contributed by atoms with Gasteiger partial charge in [0.15, 0.2) is 0 Å². The van der Waals surface area contributed by atoms with Gasteiger partial charge in [0, 0.05) is 0 Å². The first-order valence-corrected chi connectivity index (χ1v) is 3.59. The maximum atomic E-state index is 11.0. The van der Waals surface area contributed by atoms with E-state index in [1.54, 1.807) is 13.8 Å². The molecule has 0 aromatic heterocycles. The Morgan fingerprint density at radius 2 is 1.45 bits per heavy atom. The SMILES string of the molecule is CC1C(=O)[NH+]([S-])C(=O)C1C.[Cl-]. The third-order valence-corrected chi connectivity index (χ3v) is 2.43. The number of halogens is 1. The zero-order valence-corrected chi connectivity index (χ0v) is 7.83. The average molecular weight is 195 g/mol. The van der Waals surface area contributed by atoms with Crippen molar-refractivity contribution in [1.29, 1.82) is 0 Å². The van der Waals surface area contributed by atoms with E-state index in [-0.39, 0.29) is 40.4 Å². The van der Waals surface area contributed by atoms with Crippen LogP contribution in [0.5, 0.6) is 0 Å². The maximum absolute atomic E-state index is 11.0. The van der Waals surface area contributed by atoms with E-state index in [0.717, 1.165) is 0 Å². The fourth-order valence-corrected chi connectivity index (χ4v) is 1.36. The zero-order valence-electron chi connectivity index (χ0n) is 6.26. The highest BCUT2D eigenvalue weighted by Gasteiger charge is 2.42. The van der Waals surface area contributed by atoms with Crippen molar-refractivity contribution in [3.8, 4) is 0 Å². The zero-order chi connectivity index (χ0) is 7.89. The Bertz CT molecular complexity index is 177. The van der Waals surface area contributed by atoms with Gasteiger partial charge in [0.05, 0.1) is 11.8 Å². The van der Waals surface area contributed by atoms with Crippen LogP contribution in [0.15, 0.2) is 0 Å². The summed E-state index contributed by atoms with van der Waals surface area (Å²) in [5, 5.41) is 0. The molecule has 1 heterocycles. The standard InChI is InChI=1S/C6H9NO2S.ClH/c1-3-4(2)6(9)7(10)5(3)8;/h3-4,7H,1-2H3;1H/p-1. The Balaban J connectivity index is 0.000001000. The average Bonchev–Trinajstić information content (AvgIpc) is 2.07. The highest BCUT2D eigenvalue weighted by atomic mass is 35.5. The molecular weight excluding hydrogens is 186 g/mol. The molecule has 1 saturated heterocycles. The van der Waals surface area contributed by atoms with Crippen LogP contribution in [0.3, 0.4) is 0 Å². The van der Waals surface area contributed by atoms with Crippen LogP contribution in [-0.4, -0.2) is 11.8 Å². The minimum absolute atomic E-state index is 0. The van der Waals surface area contributed by atoms with Crippen LogP contribution in [0.25, 0.3) is 0 Å². The lowest BCUT2D eigenvalue weighted by Crippen LogP contribution is -3.11. The Morgan fingerprint density at radius 3 is 1.55 bits per heavy atom. The molecule has 1 N–H and O–H groups in total. The molecule has 1 aliphatic heterocycles. The normalized spacial score (nSPS) is 37.2. The number of quaternary nitrogens is 1. The van der Waals surface area contributed by atoms with Crippen molar-refractivity contribution in [2.24, 2.45) is 11.8 Å². The number of hydrogen-bond donors (Lipinski definition) is 1. The molecule has 1 aliphatic rings. The molecule has 0 aromatic rings. The number of carbonyl (C=O) groups excluding carboxylic acids is 2. The van der Waals surface area contributed by atoms with Gasteiger partial charge in [0.25, 0.3) is 0 Å². The van der Waals surface area contributed by atoms with Crippen molar-refractivity contribution in [3.63, 3.8) is 0 Å². The van der Waals surface area contributed by atoms with Gasteiger partial charge in [0.2, 0.25) is 0 Å². The minimum atomic E-state index is -0.194. The largest absolute Gasteiger partial charge is 1.00 e. The quantitative estimate of drug-likeness (QED) is 0.313. The first-order valence-electron chi connectivity index (χ1n) is 3.18. The molecule has 2 unspecified atom stereocenters. The first kappa shape index (κ1) is 10.9. The predicted molar refractivity (Wildman–Crippen MR) is 36.7 cm³/mol. The van der Waals surface area contributed by atoms with Gasteiger partial charge in [0.1, 0.15) is 0 Å². The van der Waals surface area contributed by atoms with Crippen LogP contribution in [0, 0.1) is 11.8 Å². The summed E-state index contributed by atoms with van der Waals surface area (Å²) in [7, 11) is 0. The molecule has 0 spiro atoms. The van der Waals surface area contributed by atoms with E-state index in [0.29, 0.717) is 0 Å². The third-order valence-electron chi connectivity index (χ3n) is 2.02. The van der Waals surface area contributed by atoms with Crippen molar-refractivity contribution in [2.45, 2.75) is 13.8 Å². The van der Waals surface area contributed by atoms with E-state index in [9.17, 15) is 9.59 Å². The number of carbonyl (C=O) groups is 2. The maximum Gasteiger partial charge on any atom is 0.305 e. The molecule has 0 bridgehead atoms. The minimum Gasteiger partial charge on any atom is -1.00 e. The van der Waals surface area contributed by atoms with Crippen LogP contribution in [0.2, 0.25) is 0 Å². The van der Waals surface area contributed by atoms with Crippen LogP contribution >= 0.6 is 0 Å². The van der Waals surface area contributed by atoms with Gasteiger partial charge < -0.3 is 29.5 Å². The summed E-state index contributed by atoms with van der Waals surface area (Å²) in [6.07, 6.45) is 0. The van der Waals surface area contributed by atoms with Crippen molar-refractivity contribution >= 4 is 24.6 Å². The van der Waals surface area contributed by atoms with Gasteiger partial charge in [-0.3, -0.25) is 0 Å². The summed E-state index contributed by atoms with van der Waals surface area (Å²) in [6, 6.07) is 0. The van der Waals surface area contributed by atoms with Gasteiger partial charge in [-0.05, 0) is 13.8 Å². The van der Waals surface area contributed by atoms with Crippen molar-refractivity contribution in [3.05, 3.63) is 0 Å². The molecule has 64 valence electrons. The Labute approximate surface area is 77.1 Å². The summed E-state index contributed by atoms with van der Waals surface area (Å²) < 4.78 is 0.0139. The summed E-state index contributed by atoms with van der Waals surface area (Å²) >= 11 is 4.62. The number of nitrogens with one attached hydrogen (secondary N) is 1. The summed E-state index contributed by atoms with van der Waals surface area (Å²) in [5.41, 5.74) is 0. The fourth-order valence-electron chi connectivity index (χ4n) is 0.989. The number of imide groups is 1. The molecule has 5 heteroatoms. The molecule has 0 aromatic carbocycles. The van der Waals surface area contributed by atoms with Crippen LogP contribution in [0.4, 0.5) is 0 Å². The monoisotopic (exact) mass is 194 g/mol. The van der Waals surface area contributed by atoms with Gasteiger partial charge in [-0.1, -0.05) is 0 Å². The number of amides is 2. The van der Waals surface area contributed by atoms with Crippen molar-refractivity contribution in [1.82, 2.24) is 0 Å². The van der Waals surface area contributed by atoms with Gasteiger partial charge in [-0.25, -0.2) is 9.59 Å². The Kier molecular flexibility index (Phi) is 3.54. The third kappa shape index (κ3) is 1.58. The molecule has 0 aliphatic carbocycles. The second kappa shape index (κ2) is 3.56. The topological polar surface area (TPSA) is 38.6 Å². The Morgan fingerprint density at radius 1 is 1.18 bits per heavy atom. The molecule has 11 heavy (non-hydrogen) atoms. The van der Waals surface area contributed by atoms with Crippen molar-refractivity contribution in [2.75, 3.05) is 0 Å². The lowest BCUT2D eigenvalue weighted by atomic mass is 10.00. The smallest absolute Gasteiger partial charge is 0.305 e. The number of hydrogen-bond acceptors (Lipinski definition) is 3. The lowest BCUT2D eigenvalue weighted by molar-refractivity contribution is -0.575.